The van der Waals surface area contributed by atoms with Crippen molar-refractivity contribution in [2.24, 2.45) is 11.7 Å². The third-order valence-electron chi connectivity index (χ3n) is 2.37. The minimum atomic E-state index is -0.972. The summed E-state index contributed by atoms with van der Waals surface area (Å²) < 4.78 is 11.5. The van der Waals surface area contributed by atoms with Gasteiger partial charge in [0.25, 0.3) is 0 Å². The summed E-state index contributed by atoms with van der Waals surface area (Å²) in [6.07, 6.45) is -0.356. The van der Waals surface area contributed by atoms with Crippen molar-refractivity contribution in [2.45, 2.75) is 45.4 Å². The Bertz CT molecular complexity index is 195. The molecule has 0 aromatic rings. The summed E-state index contributed by atoms with van der Waals surface area (Å²) in [5.41, 5.74) is 5.24. The number of alkyl halides is 1. The third-order valence-corrected chi connectivity index (χ3v) is 2.37. The highest BCUT2D eigenvalue weighted by Gasteiger charge is 2.17. The molecular formula is C11H25FN2O3. The first-order chi connectivity index (χ1) is 7.81. The maximum absolute atomic E-state index is 11.5. The number of aliphatic carboxylic acids is 1. The van der Waals surface area contributed by atoms with Gasteiger partial charge in [-0.05, 0) is 19.4 Å². The van der Waals surface area contributed by atoms with E-state index < -0.39 is 30.8 Å². The Morgan fingerprint density at radius 2 is 1.94 bits per heavy atom. The largest absolute Gasteiger partial charge is 0.480 e. The SMILES string of the molecule is CCC(N)C(O)CF.CN[C@H](C(=O)O)C(C)C. The summed E-state index contributed by atoms with van der Waals surface area (Å²) in [6.45, 7) is 4.81. The maximum Gasteiger partial charge on any atom is 0.320 e. The summed E-state index contributed by atoms with van der Waals surface area (Å²) in [5.74, 6) is -0.639. The van der Waals surface area contributed by atoms with Crippen molar-refractivity contribution in [2.75, 3.05) is 13.7 Å². The average Bonchev–Trinajstić information content (AvgIpc) is 2.27. The van der Waals surface area contributed by atoms with Gasteiger partial charge in [-0.15, -0.1) is 0 Å². The van der Waals surface area contributed by atoms with Crippen molar-refractivity contribution in [1.82, 2.24) is 5.32 Å². The normalized spacial score (nSPS) is 15.8. The molecule has 0 saturated carbocycles. The van der Waals surface area contributed by atoms with Crippen molar-refractivity contribution in [1.29, 1.82) is 0 Å². The highest BCUT2D eigenvalue weighted by Crippen LogP contribution is 1.99. The van der Waals surface area contributed by atoms with E-state index in [-0.39, 0.29) is 5.92 Å². The van der Waals surface area contributed by atoms with Crippen LogP contribution in [-0.4, -0.2) is 48.1 Å². The van der Waals surface area contributed by atoms with Crippen molar-refractivity contribution in [3.05, 3.63) is 0 Å². The number of likely N-dealkylation sites (N-methyl/N-ethyl adjacent to an activating group) is 1. The molecule has 0 bridgehead atoms. The van der Waals surface area contributed by atoms with Gasteiger partial charge in [0.1, 0.15) is 12.7 Å². The van der Waals surface area contributed by atoms with E-state index in [1.54, 1.807) is 7.05 Å². The third kappa shape index (κ3) is 9.02. The molecule has 0 aliphatic carbocycles. The lowest BCUT2D eigenvalue weighted by atomic mass is 10.1. The number of aliphatic hydroxyl groups is 1. The number of nitrogens with one attached hydrogen (secondary N) is 1. The highest BCUT2D eigenvalue weighted by atomic mass is 19.1. The molecular weight excluding hydrogens is 227 g/mol. The summed E-state index contributed by atoms with van der Waals surface area (Å²) in [7, 11) is 1.65. The molecule has 17 heavy (non-hydrogen) atoms. The molecule has 0 saturated heterocycles. The number of aliphatic hydroxyl groups excluding tert-OH is 1. The smallest absolute Gasteiger partial charge is 0.320 e. The molecule has 0 aromatic carbocycles. The first-order valence-corrected chi connectivity index (χ1v) is 5.71. The molecule has 104 valence electrons. The van der Waals surface area contributed by atoms with Crippen molar-refractivity contribution >= 4 is 5.97 Å². The minimum absolute atomic E-state index is 0.146. The van der Waals surface area contributed by atoms with Crippen LogP contribution >= 0.6 is 0 Å². The van der Waals surface area contributed by atoms with Crippen LogP contribution in [0.4, 0.5) is 4.39 Å². The number of carboxylic acids is 1. The van der Waals surface area contributed by atoms with Gasteiger partial charge in [-0.3, -0.25) is 4.79 Å². The topological polar surface area (TPSA) is 95.6 Å². The molecule has 2 unspecified atom stereocenters. The summed E-state index contributed by atoms with van der Waals surface area (Å²) in [5, 5.41) is 19.8. The zero-order chi connectivity index (χ0) is 14.0. The summed E-state index contributed by atoms with van der Waals surface area (Å²) in [4.78, 5) is 10.3. The standard InChI is InChI=1S/C6H13NO2.C5H12FNO/c1-4(2)5(7-3)6(8)9;1-2-4(7)5(8)3-6/h4-5,7H,1-3H3,(H,8,9);4-5,8H,2-3,7H2,1H3/t5-;/m0./s1. The fourth-order valence-corrected chi connectivity index (χ4v) is 1.13. The van der Waals surface area contributed by atoms with Gasteiger partial charge in [0.05, 0.1) is 6.10 Å². The molecule has 0 aromatic heterocycles. The summed E-state index contributed by atoms with van der Waals surface area (Å²) >= 11 is 0. The molecule has 3 atom stereocenters. The minimum Gasteiger partial charge on any atom is -0.480 e. The molecule has 0 aliphatic heterocycles. The number of hydrogen-bond acceptors (Lipinski definition) is 4. The van der Waals surface area contributed by atoms with Gasteiger partial charge < -0.3 is 21.3 Å². The number of nitrogens with two attached hydrogens (primary N) is 1. The van der Waals surface area contributed by atoms with E-state index in [0.29, 0.717) is 6.42 Å². The van der Waals surface area contributed by atoms with Crippen LogP contribution in [0.1, 0.15) is 27.2 Å². The second kappa shape index (κ2) is 10.4. The van der Waals surface area contributed by atoms with Crippen LogP contribution in [0.15, 0.2) is 0 Å². The molecule has 0 rings (SSSR count). The lowest BCUT2D eigenvalue weighted by molar-refractivity contribution is -0.140. The van der Waals surface area contributed by atoms with Crippen LogP contribution in [0.3, 0.4) is 0 Å². The van der Waals surface area contributed by atoms with Gasteiger partial charge in [0.2, 0.25) is 0 Å². The molecule has 0 radical (unpaired) electrons. The van der Waals surface area contributed by atoms with Crippen LogP contribution in [0, 0.1) is 5.92 Å². The van der Waals surface area contributed by atoms with Crippen LogP contribution in [0.25, 0.3) is 0 Å². The zero-order valence-electron chi connectivity index (χ0n) is 11.0. The van der Waals surface area contributed by atoms with Gasteiger partial charge in [-0.25, -0.2) is 4.39 Å². The Morgan fingerprint density at radius 1 is 1.47 bits per heavy atom. The molecule has 0 amide bonds. The van der Waals surface area contributed by atoms with Gasteiger partial charge in [-0.2, -0.15) is 0 Å². The molecule has 6 heteroatoms. The average molecular weight is 252 g/mol. The Morgan fingerprint density at radius 3 is 2.00 bits per heavy atom. The number of rotatable bonds is 6. The fraction of sp³-hybridized carbons (Fsp3) is 0.909. The quantitative estimate of drug-likeness (QED) is 0.548. The fourth-order valence-electron chi connectivity index (χ4n) is 1.13. The van der Waals surface area contributed by atoms with Crippen LogP contribution in [0.5, 0.6) is 0 Å². The first-order valence-electron chi connectivity index (χ1n) is 5.71. The molecule has 0 aliphatic rings. The van der Waals surface area contributed by atoms with E-state index >= 15 is 0 Å². The molecule has 0 heterocycles. The number of hydrogen-bond donors (Lipinski definition) is 4. The zero-order valence-corrected chi connectivity index (χ0v) is 11.0. The Kier molecular flexibility index (Phi) is 11.4. The predicted molar refractivity (Wildman–Crippen MR) is 65.6 cm³/mol. The van der Waals surface area contributed by atoms with Gasteiger partial charge in [0.15, 0.2) is 0 Å². The van der Waals surface area contributed by atoms with E-state index in [0.717, 1.165) is 0 Å². The van der Waals surface area contributed by atoms with Crippen LogP contribution in [0.2, 0.25) is 0 Å². The second-order valence-corrected chi connectivity index (χ2v) is 4.14. The molecule has 5 N–H and O–H groups in total. The Labute approximate surface area is 102 Å². The van der Waals surface area contributed by atoms with E-state index in [2.05, 4.69) is 5.32 Å². The van der Waals surface area contributed by atoms with E-state index in [9.17, 15) is 9.18 Å². The monoisotopic (exact) mass is 252 g/mol. The number of carbonyl (C=O) groups is 1. The van der Waals surface area contributed by atoms with E-state index in [4.69, 9.17) is 15.9 Å². The number of halogens is 1. The Hall–Kier alpha value is -0.720. The highest BCUT2D eigenvalue weighted by molar-refractivity contribution is 5.73. The van der Waals surface area contributed by atoms with E-state index in [1.807, 2.05) is 20.8 Å². The predicted octanol–water partition coefficient (Wildman–Crippen LogP) is 0.369. The Balaban J connectivity index is 0. The van der Waals surface area contributed by atoms with Crippen molar-refractivity contribution in [3.8, 4) is 0 Å². The van der Waals surface area contributed by atoms with Crippen LogP contribution in [-0.2, 0) is 4.79 Å². The van der Waals surface area contributed by atoms with Crippen molar-refractivity contribution < 1.29 is 19.4 Å². The maximum atomic E-state index is 11.5. The molecule has 0 fully saturated rings. The van der Waals surface area contributed by atoms with Crippen molar-refractivity contribution in [3.63, 3.8) is 0 Å². The van der Waals surface area contributed by atoms with Gasteiger partial charge >= 0.3 is 5.97 Å². The summed E-state index contributed by atoms with van der Waals surface area (Å²) in [6, 6.07) is -0.815. The van der Waals surface area contributed by atoms with E-state index in [1.165, 1.54) is 0 Å². The first kappa shape index (κ1) is 18.6. The molecule has 5 nitrogen and oxygen atoms in total. The van der Waals surface area contributed by atoms with Crippen LogP contribution < -0.4 is 11.1 Å². The van der Waals surface area contributed by atoms with Gasteiger partial charge in [-0.1, -0.05) is 20.8 Å². The number of carboxylic acid groups (broad SMARTS) is 1. The lowest BCUT2D eigenvalue weighted by Gasteiger charge is -2.13. The van der Waals surface area contributed by atoms with Gasteiger partial charge in [0, 0.05) is 6.04 Å². The lowest BCUT2D eigenvalue weighted by Crippen LogP contribution is -2.38. The second-order valence-electron chi connectivity index (χ2n) is 4.14. The molecule has 0 spiro atoms.